The number of halogens is 3. The molecule has 3 heterocycles. The number of hydrogen-bond acceptors (Lipinski definition) is 7. The molecule has 0 amide bonds. The third-order valence-electron chi connectivity index (χ3n) is 5.28. The Morgan fingerprint density at radius 3 is 2.70 bits per heavy atom. The van der Waals surface area contributed by atoms with Crippen molar-refractivity contribution in [2.75, 3.05) is 36.4 Å². The van der Waals surface area contributed by atoms with E-state index < -0.39 is 17.9 Å². The first-order valence-corrected chi connectivity index (χ1v) is 9.60. The summed E-state index contributed by atoms with van der Waals surface area (Å²) < 4.78 is 39.7. The number of fused-ring (bicyclic) bond motifs is 1. The molecule has 1 aromatic carbocycles. The van der Waals surface area contributed by atoms with Crippen molar-refractivity contribution in [3.05, 3.63) is 53.3 Å². The highest BCUT2D eigenvalue weighted by molar-refractivity contribution is 5.92. The summed E-state index contributed by atoms with van der Waals surface area (Å²) in [6, 6.07) is 5.89. The lowest BCUT2D eigenvalue weighted by Crippen LogP contribution is -2.43. The zero-order valence-electron chi connectivity index (χ0n) is 16.4. The van der Waals surface area contributed by atoms with Gasteiger partial charge in [0.25, 0.3) is 0 Å². The Hall–Kier alpha value is -2.98. The summed E-state index contributed by atoms with van der Waals surface area (Å²) in [6.07, 6.45) is -2.02. The first kappa shape index (κ1) is 20.3. The van der Waals surface area contributed by atoms with Gasteiger partial charge in [0, 0.05) is 43.1 Å². The summed E-state index contributed by atoms with van der Waals surface area (Å²) in [5.74, 6) is 1.21. The Balaban J connectivity index is 1.67. The molecule has 0 unspecified atom stereocenters. The van der Waals surface area contributed by atoms with Crippen LogP contribution in [0.15, 0.2) is 36.7 Å². The lowest BCUT2D eigenvalue weighted by Gasteiger charge is -2.28. The first-order chi connectivity index (χ1) is 14.3. The lowest BCUT2D eigenvalue weighted by molar-refractivity contribution is -0.138. The minimum atomic E-state index is -4.44. The number of rotatable bonds is 4. The molecule has 0 saturated carbocycles. The molecule has 1 saturated heterocycles. The minimum absolute atomic E-state index is 0.0846. The Morgan fingerprint density at radius 1 is 1.20 bits per heavy atom. The molecule has 30 heavy (non-hydrogen) atoms. The number of nitrogens with two attached hydrogens (primary N) is 1. The van der Waals surface area contributed by atoms with Gasteiger partial charge in [0.1, 0.15) is 12.0 Å². The van der Waals surface area contributed by atoms with Crippen LogP contribution in [0.2, 0.25) is 0 Å². The SMILES string of the molecule is Cc1c([C@@H](N)Nc2nncc3cnc(N4CCNCC4)cc23)cccc1C(F)(F)F. The molecule has 1 aliphatic rings. The molecule has 1 atom stereocenters. The smallest absolute Gasteiger partial charge is 0.354 e. The molecule has 0 aliphatic carbocycles. The quantitative estimate of drug-likeness (QED) is 0.562. The Bertz CT molecular complexity index is 1050. The minimum Gasteiger partial charge on any atom is -0.354 e. The van der Waals surface area contributed by atoms with Gasteiger partial charge in [-0.2, -0.15) is 18.3 Å². The van der Waals surface area contributed by atoms with E-state index in [1.54, 1.807) is 18.5 Å². The number of piperazine rings is 1. The molecule has 3 aromatic rings. The summed E-state index contributed by atoms with van der Waals surface area (Å²) >= 11 is 0. The van der Waals surface area contributed by atoms with E-state index >= 15 is 0 Å². The van der Waals surface area contributed by atoms with Crippen molar-refractivity contribution < 1.29 is 13.2 Å². The third kappa shape index (κ3) is 4.01. The van der Waals surface area contributed by atoms with E-state index in [0.717, 1.165) is 48.8 Å². The molecule has 158 valence electrons. The number of hydrogen-bond donors (Lipinski definition) is 3. The normalized spacial score (nSPS) is 16.0. The molecule has 2 aromatic heterocycles. The van der Waals surface area contributed by atoms with Crippen molar-refractivity contribution in [2.24, 2.45) is 5.73 Å². The molecule has 4 rings (SSSR count). The number of nitrogens with zero attached hydrogens (tertiary/aromatic N) is 4. The number of anilines is 2. The number of alkyl halides is 3. The van der Waals surface area contributed by atoms with Crippen LogP contribution in [0, 0.1) is 6.92 Å². The highest BCUT2D eigenvalue weighted by atomic mass is 19.4. The second-order valence-corrected chi connectivity index (χ2v) is 7.20. The molecule has 4 N–H and O–H groups in total. The van der Waals surface area contributed by atoms with Gasteiger partial charge >= 0.3 is 6.18 Å². The Labute approximate surface area is 171 Å². The van der Waals surface area contributed by atoms with Gasteiger partial charge in [-0.3, -0.25) is 0 Å². The summed E-state index contributed by atoms with van der Waals surface area (Å²) in [4.78, 5) is 6.67. The second-order valence-electron chi connectivity index (χ2n) is 7.20. The molecule has 10 heteroatoms. The maximum atomic E-state index is 13.2. The zero-order chi connectivity index (χ0) is 21.3. The molecule has 7 nitrogen and oxygen atoms in total. The fourth-order valence-electron chi connectivity index (χ4n) is 3.66. The van der Waals surface area contributed by atoms with E-state index in [9.17, 15) is 13.2 Å². The van der Waals surface area contributed by atoms with Gasteiger partial charge in [-0.05, 0) is 30.2 Å². The fraction of sp³-hybridized carbons (Fsp3) is 0.350. The number of nitrogens with one attached hydrogen (secondary N) is 2. The van der Waals surface area contributed by atoms with E-state index in [4.69, 9.17) is 5.73 Å². The number of aromatic nitrogens is 3. The molecule has 0 radical (unpaired) electrons. The second kappa shape index (κ2) is 8.04. The van der Waals surface area contributed by atoms with Crippen molar-refractivity contribution in [3.63, 3.8) is 0 Å². The van der Waals surface area contributed by atoms with Gasteiger partial charge < -0.3 is 21.3 Å². The van der Waals surface area contributed by atoms with Gasteiger partial charge in [-0.25, -0.2) is 4.98 Å². The highest BCUT2D eigenvalue weighted by Crippen LogP contribution is 2.34. The van der Waals surface area contributed by atoms with Crippen LogP contribution in [0.5, 0.6) is 0 Å². The van der Waals surface area contributed by atoms with Gasteiger partial charge in [-0.15, -0.1) is 5.10 Å². The van der Waals surface area contributed by atoms with Crippen LogP contribution in [0.4, 0.5) is 24.8 Å². The average molecular weight is 417 g/mol. The molecule has 0 bridgehead atoms. The maximum Gasteiger partial charge on any atom is 0.416 e. The van der Waals surface area contributed by atoms with E-state index in [-0.39, 0.29) is 5.56 Å². The van der Waals surface area contributed by atoms with Crippen molar-refractivity contribution in [1.29, 1.82) is 0 Å². The van der Waals surface area contributed by atoms with Crippen LogP contribution in [-0.4, -0.2) is 41.4 Å². The topological polar surface area (TPSA) is 92.0 Å². The molecular formula is C20H22F3N7. The van der Waals surface area contributed by atoms with Gasteiger partial charge in [0.15, 0.2) is 5.82 Å². The largest absolute Gasteiger partial charge is 0.416 e. The van der Waals surface area contributed by atoms with Gasteiger partial charge in [0.05, 0.1) is 11.8 Å². The van der Waals surface area contributed by atoms with Crippen molar-refractivity contribution in [1.82, 2.24) is 20.5 Å². The number of pyridine rings is 1. The molecule has 0 spiro atoms. The standard InChI is InChI=1S/C20H22F3N7/c1-12-14(3-2-4-16(12)20(21,22)23)18(24)28-19-15-9-17(30-7-5-25-6-8-30)26-10-13(15)11-27-29-19/h2-4,9-11,18,25H,5-8,24H2,1H3,(H,28,29)/t18-/m0/s1. The van der Waals surface area contributed by atoms with Gasteiger partial charge in [-0.1, -0.05) is 12.1 Å². The van der Waals surface area contributed by atoms with Crippen molar-refractivity contribution in [3.8, 4) is 0 Å². The summed E-state index contributed by atoms with van der Waals surface area (Å²) in [6.45, 7) is 4.84. The molecular weight excluding hydrogens is 395 g/mol. The predicted molar refractivity (Wildman–Crippen MR) is 109 cm³/mol. The summed E-state index contributed by atoms with van der Waals surface area (Å²) in [7, 11) is 0. The molecule has 1 fully saturated rings. The van der Waals surface area contributed by atoms with E-state index in [0.29, 0.717) is 11.4 Å². The summed E-state index contributed by atoms with van der Waals surface area (Å²) in [5.41, 5.74) is 5.96. The van der Waals surface area contributed by atoms with Gasteiger partial charge in [0.2, 0.25) is 0 Å². The predicted octanol–water partition coefficient (Wildman–Crippen LogP) is 2.83. The number of benzene rings is 1. The van der Waals surface area contributed by atoms with Crippen LogP contribution >= 0.6 is 0 Å². The Kier molecular flexibility index (Phi) is 5.44. The fourth-order valence-corrected chi connectivity index (χ4v) is 3.66. The summed E-state index contributed by atoms with van der Waals surface area (Å²) in [5, 5.41) is 16.0. The van der Waals surface area contributed by atoms with Crippen LogP contribution in [-0.2, 0) is 6.18 Å². The monoisotopic (exact) mass is 417 g/mol. The van der Waals surface area contributed by atoms with Crippen LogP contribution < -0.4 is 21.3 Å². The average Bonchev–Trinajstić information content (AvgIpc) is 2.73. The third-order valence-corrected chi connectivity index (χ3v) is 5.28. The van der Waals surface area contributed by atoms with E-state index in [1.165, 1.54) is 13.0 Å². The zero-order valence-corrected chi connectivity index (χ0v) is 16.4. The first-order valence-electron chi connectivity index (χ1n) is 9.60. The van der Waals surface area contributed by atoms with Crippen molar-refractivity contribution in [2.45, 2.75) is 19.3 Å². The van der Waals surface area contributed by atoms with Crippen LogP contribution in [0.1, 0.15) is 22.9 Å². The van der Waals surface area contributed by atoms with Crippen LogP contribution in [0.25, 0.3) is 10.8 Å². The van der Waals surface area contributed by atoms with E-state index in [1.807, 2.05) is 6.07 Å². The van der Waals surface area contributed by atoms with Crippen molar-refractivity contribution >= 4 is 22.4 Å². The highest BCUT2D eigenvalue weighted by Gasteiger charge is 2.33. The Morgan fingerprint density at radius 2 is 1.97 bits per heavy atom. The maximum absolute atomic E-state index is 13.2. The van der Waals surface area contributed by atoms with Crippen LogP contribution in [0.3, 0.4) is 0 Å². The molecule has 1 aliphatic heterocycles. The lowest BCUT2D eigenvalue weighted by atomic mass is 10.00. The van der Waals surface area contributed by atoms with E-state index in [2.05, 4.69) is 30.7 Å².